The van der Waals surface area contributed by atoms with Crippen LogP contribution in [0, 0.1) is 5.41 Å². The van der Waals surface area contributed by atoms with Crippen molar-refractivity contribution in [3.8, 4) is 0 Å². The number of hydrogen-bond donors (Lipinski definition) is 1. The maximum atomic E-state index is 12.5. The minimum atomic E-state index is -0.430. The van der Waals surface area contributed by atoms with Crippen LogP contribution in [0.3, 0.4) is 0 Å². The summed E-state index contributed by atoms with van der Waals surface area (Å²) in [5, 5.41) is 2.11. The van der Waals surface area contributed by atoms with E-state index in [-0.39, 0.29) is 17.4 Å². The molecule has 3 nitrogen and oxygen atoms in total. The van der Waals surface area contributed by atoms with Crippen LogP contribution in [0.15, 0.2) is 11.4 Å². The van der Waals surface area contributed by atoms with Gasteiger partial charge in [0.25, 0.3) is 0 Å². The number of nitrogens with zero attached hydrogens (tertiary/aromatic N) is 1. The molecule has 0 saturated carbocycles. The van der Waals surface area contributed by atoms with Crippen LogP contribution in [0.5, 0.6) is 0 Å². The molecule has 1 aliphatic rings. The van der Waals surface area contributed by atoms with E-state index in [0.717, 1.165) is 13.0 Å². The van der Waals surface area contributed by atoms with E-state index in [4.69, 9.17) is 5.73 Å². The summed E-state index contributed by atoms with van der Waals surface area (Å²) in [7, 11) is 0. The summed E-state index contributed by atoms with van der Waals surface area (Å²) in [6, 6.07) is 1.85. The molecule has 4 heteroatoms. The number of thiophene rings is 1. The number of carbonyl (C=O) groups is 1. The molecule has 18 heavy (non-hydrogen) atoms. The maximum Gasteiger partial charge on any atom is 0.240 e. The molecule has 2 rings (SSSR count). The Morgan fingerprint density at radius 3 is 2.83 bits per heavy atom. The maximum absolute atomic E-state index is 12.5. The van der Waals surface area contributed by atoms with E-state index in [1.54, 1.807) is 11.3 Å². The molecule has 0 radical (unpaired) electrons. The second-order valence-corrected chi connectivity index (χ2v) is 7.10. The summed E-state index contributed by atoms with van der Waals surface area (Å²) < 4.78 is 0. The molecule has 1 amide bonds. The first-order valence-corrected chi connectivity index (χ1v) is 7.32. The zero-order valence-electron chi connectivity index (χ0n) is 11.6. The monoisotopic (exact) mass is 266 g/mol. The lowest BCUT2D eigenvalue weighted by molar-refractivity contribution is -0.137. The van der Waals surface area contributed by atoms with Gasteiger partial charge in [-0.1, -0.05) is 20.8 Å². The Kier molecular flexibility index (Phi) is 3.52. The van der Waals surface area contributed by atoms with Crippen molar-refractivity contribution in [1.82, 2.24) is 4.90 Å². The molecule has 0 aliphatic carbocycles. The van der Waals surface area contributed by atoms with Gasteiger partial charge in [0.05, 0.1) is 12.1 Å². The summed E-state index contributed by atoms with van der Waals surface area (Å²) >= 11 is 1.79. The van der Waals surface area contributed by atoms with Crippen LogP contribution in [0.2, 0.25) is 0 Å². The number of hydrogen-bond acceptors (Lipinski definition) is 3. The second kappa shape index (κ2) is 4.67. The minimum Gasteiger partial charge on any atom is -0.334 e. The van der Waals surface area contributed by atoms with Crippen molar-refractivity contribution >= 4 is 17.2 Å². The van der Waals surface area contributed by atoms with Crippen molar-refractivity contribution < 1.29 is 4.79 Å². The van der Waals surface area contributed by atoms with Crippen molar-refractivity contribution in [3.05, 3.63) is 21.9 Å². The van der Waals surface area contributed by atoms with Crippen LogP contribution in [0.4, 0.5) is 0 Å². The van der Waals surface area contributed by atoms with Crippen LogP contribution < -0.4 is 5.73 Å². The fourth-order valence-electron chi connectivity index (χ4n) is 2.36. The third kappa shape index (κ3) is 2.31. The fourth-order valence-corrected chi connectivity index (χ4v) is 3.32. The third-order valence-electron chi connectivity index (χ3n) is 3.76. The summed E-state index contributed by atoms with van der Waals surface area (Å²) in [6.45, 7) is 8.93. The summed E-state index contributed by atoms with van der Waals surface area (Å²) in [6.07, 6.45) is 0.958. The number of rotatable bonds is 1. The first-order chi connectivity index (χ1) is 8.32. The lowest BCUT2D eigenvalue weighted by Gasteiger charge is -2.38. The Bertz CT molecular complexity index is 447. The van der Waals surface area contributed by atoms with Crippen LogP contribution in [-0.4, -0.2) is 23.4 Å². The topological polar surface area (TPSA) is 46.3 Å². The third-order valence-corrected chi connectivity index (χ3v) is 4.76. The Labute approximate surface area is 113 Å². The number of amides is 1. The van der Waals surface area contributed by atoms with Gasteiger partial charge < -0.3 is 10.6 Å². The van der Waals surface area contributed by atoms with Crippen LogP contribution in [-0.2, 0) is 11.2 Å². The number of nitrogens with two attached hydrogens (primary N) is 1. The smallest absolute Gasteiger partial charge is 0.240 e. The quantitative estimate of drug-likeness (QED) is 0.849. The lowest BCUT2D eigenvalue weighted by atomic mass is 9.85. The summed E-state index contributed by atoms with van der Waals surface area (Å²) in [5.74, 6) is 0.0758. The Morgan fingerprint density at radius 1 is 1.56 bits per heavy atom. The zero-order valence-corrected chi connectivity index (χ0v) is 12.4. The van der Waals surface area contributed by atoms with Crippen molar-refractivity contribution in [2.24, 2.45) is 11.1 Å². The molecule has 0 bridgehead atoms. The van der Waals surface area contributed by atoms with E-state index in [1.165, 1.54) is 10.4 Å². The molecular weight excluding hydrogens is 244 g/mol. The molecule has 2 heterocycles. The van der Waals surface area contributed by atoms with Gasteiger partial charge in [0, 0.05) is 11.4 Å². The minimum absolute atomic E-state index is 0.0758. The highest BCUT2D eigenvalue weighted by molar-refractivity contribution is 7.10. The van der Waals surface area contributed by atoms with Crippen molar-refractivity contribution in [2.75, 3.05) is 6.54 Å². The molecule has 1 aromatic rings. The zero-order chi connectivity index (χ0) is 13.5. The predicted molar refractivity (Wildman–Crippen MR) is 75.6 cm³/mol. The van der Waals surface area contributed by atoms with Gasteiger partial charge in [-0.15, -0.1) is 11.3 Å². The first-order valence-electron chi connectivity index (χ1n) is 6.44. The highest BCUT2D eigenvalue weighted by Gasteiger charge is 2.35. The first kappa shape index (κ1) is 13.6. The van der Waals surface area contributed by atoms with E-state index in [1.807, 2.05) is 25.7 Å². The molecule has 0 aromatic carbocycles. The van der Waals surface area contributed by atoms with E-state index >= 15 is 0 Å². The average Bonchev–Trinajstić information content (AvgIpc) is 2.75. The van der Waals surface area contributed by atoms with E-state index in [0.29, 0.717) is 0 Å². The van der Waals surface area contributed by atoms with Gasteiger partial charge in [0.15, 0.2) is 0 Å². The Hall–Kier alpha value is -0.870. The number of carbonyl (C=O) groups excluding carboxylic acids is 1. The Morgan fingerprint density at radius 2 is 2.22 bits per heavy atom. The molecule has 100 valence electrons. The van der Waals surface area contributed by atoms with E-state index < -0.39 is 6.04 Å². The normalized spacial score (nSPS) is 21.6. The molecule has 2 N–H and O–H groups in total. The van der Waals surface area contributed by atoms with E-state index in [2.05, 4.69) is 18.4 Å². The van der Waals surface area contributed by atoms with Gasteiger partial charge in [0.2, 0.25) is 5.91 Å². The SMILES string of the molecule is CC1c2ccsc2CCN1C(=O)[C@H](N)C(C)(C)C. The molecule has 0 spiro atoms. The molecule has 1 aliphatic heterocycles. The van der Waals surface area contributed by atoms with Crippen LogP contribution in [0.1, 0.15) is 44.2 Å². The average molecular weight is 266 g/mol. The van der Waals surface area contributed by atoms with Crippen molar-refractivity contribution in [2.45, 2.75) is 46.2 Å². The largest absolute Gasteiger partial charge is 0.334 e. The van der Waals surface area contributed by atoms with Crippen LogP contribution >= 0.6 is 11.3 Å². The number of fused-ring (bicyclic) bond motifs is 1. The van der Waals surface area contributed by atoms with E-state index in [9.17, 15) is 4.79 Å². The van der Waals surface area contributed by atoms with Crippen molar-refractivity contribution in [3.63, 3.8) is 0 Å². The Balaban J connectivity index is 2.19. The molecule has 1 aromatic heterocycles. The molecule has 0 saturated heterocycles. The fraction of sp³-hybridized carbons (Fsp3) is 0.643. The molecule has 0 fully saturated rings. The van der Waals surface area contributed by atoms with Gasteiger partial charge in [-0.05, 0) is 35.8 Å². The van der Waals surface area contributed by atoms with Gasteiger partial charge in [-0.2, -0.15) is 0 Å². The van der Waals surface area contributed by atoms with Gasteiger partial charge in [-0.25, -0.2) is 0 Å². The predicted octanol–water partition coefficient (Wildman–Crippen LogP) is 2.57. The van der Waals surface area contributed by atoms with Crippen molar-refractivity contribution in [1.29, 1.82) is 0 Å². The lowest BCUT2D eigenvalue weighted by Crippen LogP contribution is -2.52. The van der Waals surface area contributed by atoms with Gasteiger partial charge in [-0.3, -0.25) is 4.79 Å². The molecule has 2 atom stereocenters. The molecule has 1 unspecified atom stereocenters. The van der Waals surface area contributed by atoms with Crippen LogP contribution in [0.25, 0.3) is 0 Å². The van der Waals surface area contributed by atoms with Gasteiger partial charge in [0.1, 0.15) is 0 Å². The highest BCUT2D eigenvalue weighted by Crippen LogP contribution is 2.34. The molecular formula is C14H22N2OS. The highest BCUT2D eigenvalue weighted by atomic mass is 32.1. The van der Waals surface area contributed by atoms with Gasteiger partial charge >= 0.3 is 0 Å². The second-order valence-electron chi connectivity index (χ2n) is 6.10. The summed E-state index contributed by atoms with van der Waals surface area (Å²) in [5.41, 5.74) is 7.20. The standard InChI is InChI=1S/C14H22N2OS/c1-9-10-6-8-18-11(10)5-7-16(9)13(17)12(15)14(2,3)4/h6,8-9,12H,5,7,15H2,1-4H3/t9?,12-/m0/s1. The summed E-state index contributed by atoms with van der Waals surface area (Å²) in [4.78, 5) is 15.8.